The Morgan fingerprint density at radius 1 is 1.44 bits per heavy atom. The number of carbonyl (C=O) groups excluding carboxylic acids is 1. The van der Waals surface area contributed by atoms with Gasteiger partial charge in [0.25, 0.3) is 0 Å². The molecule has 1 N–H and O–H groups in total. The van der Waals surface area contributed by atoms with Gasteiger partial charge in [-0.2, -0.15) is 0 Å². The lowest BCUT2D eigenvalue weighted by Gasteiger charge is -2.21. The maximum absolute atomic E-state index is 12.4. The van der Waals surface area contributed by atoms with Crippen LogP contribution in [0.25, 0.3) is 11.1 Å². The second-order valence-corrected chi connectivity index (χ2v) is 4.74. The van der Waals surface area contributed by atoms with Crippen LogP contribution in [0.5, 0.6) is 0 Å². The van der Waals surface area contributed by atoms with Gasteiger partial charge < -0.3 is 9.15 Å². The summed E-state index contributed by atoms with van der Waals surface area (Å²) in [7, 11) is 0. The number of aromatic amines is 1. The van der Waals surface area contributed by atoms with Gasteiger partial charge in [0.2, 0.25) is 0 Å². The summed E-state index contributed by atoms with van der Waals surface area (Å²) in [5, 5.41) is 0. The van der Waals surface area contributed by atoms with Gasteiger partial charge in [0.15, 0.2) is 11.4 Å². The molecule has 1 aromatic carbocycles. The predicted octanol–water partition coefficient (Wildman–Crippen LogP) is 1.87. The molecule has 0 radical (unpaired) electrons. The van der Waals surface area contributed by atoms with Crippen LogP contribution < -0.4 is 5.76 Å². The maximum atomic E-state index is 12.4. The fourth-order valence-electron chi connectivity index (χ4n) is 2.35. The van der Waals surface area contributed by atoms with E-state index in [1.54, 1.807) is 25.1 Å². The Bertz CT molecular complexity index is 661. The van der Waals surface area contributed by atoms with E-state index in [9.17, 15) is 9.59 Å². The molecule has 3 rings (SSSR count). The number of benzene rings is 1. The van der Waals surface area contributed by atoms with Crippen molar-refractivity contribution in [3.63, 3.8) is 0 Å². The average Bonchev–Trinajstić information content (AvgIpc) is 2.93. The summed E-state index contributed by atoms with van der Waals surface area (Å²) in [5.74, 6) is -0.580. The lowest BCUT2D eigenvalue weighted by Crippen LogP contribution is -2.34. The molecular formula is C13H13NO4. The zero-order valence-corrected chi connectivity index (χ0v) is 9.99. The van der Waals surface area contributed by atoms with E-state index < -0.39 is 11.4 Å². The molecule has 5 nitrogen and oxygen atoms in total. The minimum atomic E-state index is -0.746. The fourth-order valence-corrected chi connectivity index (χ4v) is 2.35. The molecule has 1 aromatic heterocycles. The van der Waals surface area contributed by atoms with Crippen LogP contribution in [0.1, 0.15) is 30.1 Å². The van der Waals surface area contributed by atoms with E-state index in [0.717, 1.165) is 12.8 Å². The van der Waals surface area contributed by atoms with E-state index in [2.05, 4.69) is 4.98 Å². The Labute approximate surface area is 103 Å². The predicted molar refractivity (Wildman–Crippen MR) is 64.8 cm³/mol. The molecule has 1 fully saturated rings. The lowest BCUT2D eigenvalue weighted by atomic mass is 9.92. The van der Waals surface area contributed by atoms with Gasteiger partial charge in [0.05, 0.1) is 5.52 Å². The first-order valence-electron chi connectivity index (χ1n) is 5.90. The fraction of sp³-hybridized carbons (Fsp3) is 0.385. The van der Waals surface area contributed by atoms with Gasteiger partial charge in [-0.25, -0.2) is 4.79 Å². The highest BCUT2D eigenvalue weighted by Gasteiger charge is 2.38. The summed E-state index contributed by atoms with van der Waals surface area (Å²) < 4.78 is 10.5. The summed E-state index contributed by atoms with van der Waals surface area (Å²) >= 11 is 0. The lowest BCUT2D eigenvalue weighted by molar-refractivity contribution is 0.0213. The van der Waals surface area contributed by atoms with E-state index in [1.807, 2.05) is 0 Å². The van der Waals surface area contributed by atoms with Gasteiger partial charge in [-0.1, -0.05) is 0 Å². The van der Waals surface area contributed by atoms with Crippen LogP contribution in [0.3, 0.4) is 0 Å². The molecule has 0 amide bonds. The summed E-state index contributed by atoms with van der Waals surface area (Å²) in [6.07, 6.45) is 1.62. The van der Waals surface area contributed by atoms with Crippen LogP contribution in [0.4, 0.5) is 0 Å². The first kappa shape index (κ1) is 11.2. The van der Waals surface area contributed by atoms with E-state index in [1.165, 1.54) is 0 Å². The van der Waals surface area contributed by atoms with Gasteiger partial charge >= 0.3 is 5.76 Å². The van der Waals surface area contributed by atoms with Crippen molar-refractivity contribution in [1.82, 2.24) is 4.98 Å². The molecule has 0 spiro atoms. The first-order valence-corrected chi connectivity index (χ1v) is 5.90. The molecule has 1 saturated heterocycles. The molecule has 0 bridgehead atoms. The van der Waals surface area contributed by atoms with Crippen molar-refractivity contribution in [2.24, 2.45) is 0 Å². The highest BCUT2D eigenvalue weighted by Crippen LogP contribution is 2.29. The van der Waals surface area contributed by atoms with Gasteiger partial charge in [-0.3, -0.25) is 9.78 Å². The number of ketones is 1. The van der Waals surface area contributed by atoms with E-state index in [0.29, 0.717) is 23.3 Å². The van der Waals surface area contributed by atoms with E-state index in [4.69, 9.17) is 9.15 Å². The number of aromatic nitrogens is 1. The molecule has 5 heteroatoms. The van der Waals surface area contributed by atoms with Crippen LogP contribution in [0.15, 0.2) is 27.4 Å². The quantitative estimate of drug-likeness (QED) is 0.822. The third-order valence-corrected chi connectivity index (χ3v) is 3.38. The zero-order chi connectivity index (χ0) is 12.8. The molecule has 1 aliphatic rings. The van der Waals surface area contributed by atoms with Crippen molar-refractivity contribution in [1.29, 1.82) is 0 Å². The highest BCUT2D eigenvalue weighted by atomic mass is 16.5. The first-order chi connectivity index (χ1) is 8.58. The standard InChI is InChI=1S/C13H13NO4/c1-13(5-2-6-17-13)11(15)8-3-4-9-10(7-8)18-12(16)14-9/h3-4,7H,2,5-6H2,1H3,(H,14,16). The Morgan fingerprint density at radius 2 is 2.28 bits per heavy atom. The van der Waals surface area contributed by atoms with Crippen molar-refractivity contribution in [3.8, 4) is 0 Å². The Morgan fingerprint density at radius 3 is 3.00 bits per heavy atom. The minimum Gasteiger partial charge on any atom is -0.408 e. The number of hydrogen-bond donors (Lipinski definition) is 1. The van der Waals surface area contributed by atoms with Crippen LogP contribution in [0, 0.1) is 0 Å². The molecular weight excluding hydrogens is 234 g/mol. The summed E-state index contributed by atoms with van der Waals surface area (Å²) in [4.78, 5) is 26.0. The van der Waals surface area contributed by atoms with Crippen LogP contribution >= 0.6 is 0 Å². The maximum Gasteiger partial charge on any atom is 0.417 e. The molecule has 0 aliphatic carbocycles. The summed E-state index contributed by atoms with van der Waals surface area (Å²) in [5.41, 5.74) is 0.751. The Hall–Kier alpha value is -1.88. The van der Waals surface area contributed by atoms with Gasteiger partial charge in [0.1, 0.15) is 5.60 Å². The SMILES string of the molecule is CC1(C(=O)c2ccc3[nH]c(=O)oc3c2)CCCO1. The smallest absolute Gasteiger partial charge is 0.408 e. The Balaban J connectivity index is 2.03. The monoisotopic (exact) mass is 247 g/mol. The van der Waals surface area contributed by atoms with Crippen LogP contribution in [-0.4, -0.2) is 23.0 Å². The zero-order valence-electron chi connectivity index (χ0n) is 9.99. The Kier molecular flexibility index (Phi) is 2.38. The normalized spacial score (nSPS) is 23.6. The number of carbonyl (C=O) groups is 1. The van der Waals surface area contributed by atoms with Crippen molar-refractivity contribution in [2.75, 3.05) is 6.61 Å². The molecule has 18 heavy (non-hydrogen) atoms. The topological polar surface area (TPSA) is 72.3 Å². The van der Waals surface area contributed by atoms with Crippen LogP contribution in [-0.2, 0) is 4.74 Å². The molecule has 1 atom stereocenters. The number of Topliss-reactive ketones (excluding diaryl/α,β-unsaturated/α-hetero) is 1. The van der Waals surface area contributed by atoms with Crippen LogP contribution in [0.2, 0.25) is 0 Å². The molecule has 2 heterocycles. The summed E-state index contributed by atoms with van der Waals surface area (Å²) in [6, 6.07) is 4.94. The number of fused-ring (bicyclic) bond motifs is 1. The number of oxazole rings is 1. The van der Waals surface area contributed by atoms with E-state index >= 15 is 0 Å². The largest absolute Gasteiger partial charge is 0.417 e. The summed E-state index contributed by atoms with van der Waals surface area (Å²) in [6.45, 7) is 2.42. The van der Waals surface area contributed by atoms with Crippen molar-refractivity contribution < 1.29 is 13.9 Å². The van der Waals surface area contributed by atoms with Crippen molar-refractivity contribution >= 4 is 16.9 Å². The third-order valence-electron chi connectivity index (χ3n) is 3.38. The minimum absolute atomic E-state index is 0.0641. The van der Waals surface area contributed by atoms with Crippen molar-refractivity contribution in [2.45, 2.75) is 25.4 Å². The number of rotatable bonds is 2. The van der Waals surface area contributed by atoms with Crippen molar-refractivity contribution in [3.05, 3.63) is 34.3 Å². The molecule has 2 aromatic rings. The van der Waals surface area contributed by atoms with Gasteiger partial charge in [-0.15, -0.1) is 0 Å². The number of ether oxygens (including phenoxy) is 1. The highest BCUT2D eigenvalue weighted by molar-refractivity contribution is 6.04. The average molecular weight is 247 g/mol. The number of H-pyrrole nitrogens is 1. The van der Waals surface area contributed by atoms with E-state index in [-0.39, 0.29) is 5.78 Å². The number of nitrogens with one attached hydrogen (secondary N) is 1. The van der Waals surface area contributed by atoms with Gasteiger partial charge in [-0.05, 0) is 38.0 Å². The molecule has 94 valence electrons. The molecule has 1 aliphatic heterocycles. The molecule has 1 unspecified atom stereocenters. The third kappa shape index (κ3) is 1.67. The number of hydrogen-bond acceptors (Lipinski definition) is 4. The molecule has 0 saturated carbocycles. The second kappa shape index (κ2) is 3.81. The van der Waals surface area contributed by atoms with Gasteiger partial charge in [0, 0.05) is 12.2 Å². The second-order valence-electron chi connectivity index (χ2n) is 4.74.